The predicted octanol–water partition coefficient (Wildman–Crippen LogP) is 2.23. The van der Waals surface area contributed by atoms with Crippen molar-refractivity contribution in [1.82, 2.24) is 20.4 Å². The van der Waals surface area contributed by atoms with Crippen LogP contribution in [0.2, 0.25) is 0 Å². The average molecular weight is 505 g/mol. The molecule has 0 saturated carbocycles. The summed E-state index contributed by atoms with van der Waals surface area (Å²) in [7, 11) is 1.83. The molecule has 1 aromatic rings. The number of aliphatic imine (C=N–C) groups is 1. The molecule has 2 saturated heterocycles. The van der Waals surface area contributed by atoms with Crippen LogP contribution in [0.15, 0.2) is 21.5 Å². The zero-order valence-corrected chi connectivity index (χ0v) is 19.6. The van der Waals surface area contributed by atoms with Gasteiger partial charge in [0.15, 0.2) is 5.96 Å². The number of likely N-dealkylation sites (tertiary alicyclic amines) is 1. The van der Waals surface area contributed by atoms with Gasteiger partial charge in [-0.15, -0.1) is 24.0 Å². The van der Waals surface area contributed by atoms with Crippen molar-refractivity contribution in [2.24, 2.45) is 4.99 Å². The molecule has 1 aromatic heterocycles. The molecule has 0 bridgehead atoms. The van der Waals surface area contributed by atoms with Gasteiger partial charge >= 0.3 is 0 Å². The Labute approximate surface area is 186 Å². The molecule has 2 fully saturated rings. The van der Waals surface area contributed by atoms with Gasteiger partial charge in [0.25, 0.3) is 0 Å². The highest BCUT2D eigenvalue weighted by Crippen LogP contribution is 2.23. The topological polar surface area (TPSA) is 65.3 Å². The van der Waals surface area contributed by atoms with E-state index in [2.05, 4.69) is 31.5 Å². The highest BCUT2D eigenvalue weighted by Gasteiger charge is 2.25. The Bertz CT molecular complexity index is 583. The van der Waals surface area contributed by atoms with Crippen LogP contribution in [0.1, 0.15) is 36.8 Å². The molecule has 3 rings (SSSR count). The van der Waals surface area contributed by atoms with E-state index in [0.29, 0.717) is 0 Å². The van der Waals surface area contributed by atoms with Gasteiger partial charge in [0.2, 0.25) is 0 Å². The van der Waals surface area contributed by atoms with Crippen molar-refractivity contribution in [3.05, 3.63) is 23.7 Å². The van der Waals surface area contributed by atoms with E-state index in [1.165, 1.54) is 32.4 Å². The SMILES string of the molecule is CN=C(NCCN1CCCCC1)NCC(c1ccc(C)o1)N1CCOCC1.I. The molecule has 2 N–H and O–H groups in total. The van der Waals surface area contributed by atoms with Gasteiger partial charge in [0.1, 0.15) is 11.5 Å². The molecule has 28 heavy (non-hydrogen) atoms. The normalized spacial score (nSPS) is 20.4. The third kappa shape index (κ3) is 7.20. The molecule has 1 atom stereocenters. The van der Waals surface area contributed by atoms with Crippen LogP contribution in [0.5, 0.6) is 0 Å². The van der Waals surface area contributed by atoms with Crippen LogP contribution >= 0.6 is 24.0 Å². The zero-order chi connectivity index (χ0) is 18.9. The number of hydrogen-bond acceptors (Lipinski definition) is 5. The summed E-state index contributed by atoms with van der Waals surface area (Å²) < 4.78 is 11.5. The lowest BCUT2D eigenvalue weighted by Crippen LogP contribution is -2.47. The Morgan fingerprint density at radius 3 is 2.50 bits per heavy atom. The van der Waals surface area contributed by atoms with Crippen molar-refractivity contribution in [2.45, 2.75) is 32.2 Å². The van der Waals surface area contributed by atoms with E-state index in [4.69, 9.17) is 9.15 Å². The number of rotatable bonds is 7. The van der Waals surface area contributed by atoms with E-state index >= 15 is 0 Å². The molecular formula is C20H36IN5O2. The maximum Gasteiger partial charge on any atom is 0.191 e. The second kappa shape index (κ2) is 12.7. The molecule has 8 heteroatoms. The molecule has 2 aliphatic rings. The second-order valence-electron chi connectivity index (χ2n) is 7.39. The van der Waals surface area contributed by atoms with E-state index in [9.17, 15) is 0 Å². The summed E-state index contributed by atoms with van der Waals surface area (Å²) in [6, 6.07) is 4.31. The third-order valence-electron chi connectivity index (χ3n) is 5.43. The number of ether oxygens (including phenoxy) is 1. The molecule has 2 aliphatic heterocycles. The Balaban J connectivity index is 0.00000280. The number of halogens is 1. The van der Waals surface area contributed by atoms with Gasteiger partial charge in [-0.3, -0.25) is 9.89 Å². The first-order chi connectivity index (χ1) is 13.3. The van der Waals surface area contributed by atoms with E-state index in [1.807, 2.05) is 20.0 Å². The van der Waals surface area contributed by atoms with Gasteiger partial charge in [0.05, 0.1) is 19.3 Å². The predicted molar refractivity (Wildman–Crippen MR) is 124 cm³/mol. The summed E-state index contributed by atoms with van der Waals surface area (Å²) in [4.78, 5) is 9.35. The molecule has 0 aliphatic carbocycles. The fourth-order valence-electron chi connectivity index (χ4n) is 3.86. The van der Waals surface area contributed by atoms with Crippen LogP contribution in [0.4, 0.5) is 0 Å². The zero-order valence-electron chi connectivity index (χ0n) is 17.3. The monoisotopic (exact) mass is 505 g/mol. The summed E-state index contributed by atoms with van der Waals surface area (Å²) >= 11 is 0. The number of furan rings is 1. The minimum atomic E-state index is 0. The van der Waals surface area contributed by atoms with Crippen LogP contribution < -0.4 is 10.6 Å². The quantitative estimate of drug-likeness (QED) is 0.337. The van der Waals surface area contributed by atoms with Gasteiger partial charge in [-0.25, -0.2) is 0 Å². The van der Waals surface area contributed by atoms with Gasteiger partial charge in [-0.05, 0) is 45.0 Å². The minimum Gasteiger partial charge on any atom is -0.465 e. The van der Waals surface area contributed by atoms with E-state index in [0.717, 1.165) is 63.4 Å². The van der Waals surface area contributed by atoms with Crippen LogP contribution in [0.3, 0.4) is 0 Å². The van der Waals surface area contributed by atoms with Gasteiger partial charge in [-0.2, -0.15) is 0 Å². The lowest BCUT2D eigenvalue weighted by molar-refractivity contribution is 0.0124. The van der Waals surface area contributed by atoms with Crippen LogP contribution in [-0.2, 0) is 4.74 Å². The molecule has 160 valence electrons. The first-order valence-corrected chi connectivity index (χ1v) is 10.3. The van der Waals surface area contributed by atoms with Crippen molar-refractivity contribution >= 4 is 29.9 Å². The smallest absolute Gasteiger partial charge is 0.191 e. The maximum atomic E-state index is 5.94. The minimum absolute atomic E-state index is 0. The number of aryl methyl sites for hydroxylation is 1. The standard InChI is InChI=1S/C20H35N5O2.HI/c1-17-6-7-19(27-17)18(25-12-14-26-15-13-25)16-23-20(21-2)22-8-11-24-9-4-3-5-10-24;/h6-7,18H,3-5,8-16H2,1-2H3,(H2,21,22,23);1H. The molecule has 7 nitrogen and oxygen atoms in total. The number of morpholine rings is 1. The average Bonchev–Trinajstić information content (AvgIpc) is 3.14. The number of piperidine rings is 1. The first-order valence-electron chi connectivity index (χ1n) is 10.3. The lowest BCUT2D eigenvalue weighted by atomic mass is 10.1. The molecule has 1 unspecified atom stereocenters. The van der Waals surface area contributed by atoms with E-state index < -0.39 is 0 Å². The highest BCUT2D eigenvalue weighted by atomic mass is 127. The van der Waals surface area contributed by atoms with Crippen molar-refractivity contribution in [3.8, 4) is 0 Å². The molecular weight excluding hydrogens is 469 g/mol. The van der Waals surface area contributed by atoms with Crippen LogP contribution in [-0.4, -0.2) is 81.8 Å². The van der Waals surface area contributed by atoms with Gasteiger partial charge in [-0.1, -0.05) is 6.42 Å². The van der Waals surface area contributed by atoms with Crippen molar-refractivity contribution < 1.29 is 9.15 Å². The Hall–Kier alpha value is -0.840. The molecule has 0 amide bonds. The summed E-state index contributed by atoms with van der Waals surface area (Å²) in [6.07, 6.45) is 4.04. The summed E-state index contributed by atoms with van der Waals surface area (Å²) in [5.74, 6) is 2.81. The van der Waals surface area contributed by atoms with Crippen molar-refractivity contribution in [1.29, 1.82) is 0 Å². The fourth-order valence-corrected chi connectivity index (χ4v) is 3.86. The molecule has 3 heterocycles. The van der Waals surface area contributed by atoms with Crippen LogP contribution in [0, 0.1) is 6.92 Å². The molecule has 0 radical (unpaired) electrons. The lowest BCUT2D eigenvalue weighted by Gasteiger charge is -2.33. The first kappa shape index (κ1) is 23.4. The number of nitrogens with zero attached hydrogens (tertiary/aromatic N) is 3. The third-order valence-corrected chi connectivity index (χ3v) is 5.43. The highest BCUT2D eigenvalue weighted by molar-refractivity contribution is 14.0. The van der Waals surface area contributed by atoms with Gasteiger partial charge < -0.3 is 24.7 Å². The largest absolute Gasteiger partial charge is 0.465 e. The van der Waals surface area contributed by atoms with Gasteiger partial charge in [0, 0.05) is 39.8 Å². The van der Waals surface area contributed by atoms with E-state index in [1.54, 1.807) is 0 Å². The maximum absolute atomic E-state index is 5.94. The van der Waals surface area contributed by atoms with E-state index in [-0.39, 0.29) is 30.0 Å². The summed E-state index contributed by atoms with van der Waals surface area (Å²) in [5, 5.41) is 6.95. The van der Waals surface area contributed by atoms with Crippen molar-refractivity contribution in [2.75, 3.05) is 66.1 Å². The van der Waals surface area contributed by atoms with Crippen LogP contribution in [0.25, 0.3) is 0 Å². The second-order valence-corrected chi connectivity index (χ2v) is 7.39. The fraction of sp³-hybridized carbons (Fsp3) is 0.750. The Morgan fingerprint density at radius 2 is 1.86 bits per heavy atom. The number of hydrogen-bond donors (Lipinski definition) is 2. The summed E-state index contributed by atoms with van der Waals surface area (Å²) in [6.45, 7) is 10.6. The summed E-state index contributed by atoms with van der Waals surface area (Å²) in [5.41, 5.74) is 0. The van der Waals surface area contributed by atoms with Crippen molar-refractivity contribution in [3.63, 3.8) is 0 Å². The molecule has 0 aromatic carbocycles. The number of nitrogens with one attached hydrogen (secondary N) is 2. The number of guanidine groups is 1. The Morgan fingerprint density at radius 1 is 1.11 bits per heavy atom. The Kier molecular flexibility index (Phi) is 10.6. The molecule has 0 spiro atoms.